The van der Waals surface area contributed by atoms with E-state index in [4.69, 9.17) is 4.74 Å². The van der Waals surface area contributed by atoms with Crippen LogP contribution < -0.4 is 5.32 Å². The maximum Gasteiger partial charge on any atom is 0.407 e. The molecule has 2 amide bonds. The van der Waals surface area contributed by atoms with Crippen LogP contribution >= 0.6 is 0 Å². The molecule has 0 bridgehead atoms. The van der Waals surface area contributed by atoms with Crippen LogP contribution in [0.2, 0.25) is 0 Å². The van der Waals surface area contributed by atoms with Crippen molar-refractivity contribution in [1.29, 1.82) is 0 Å². The zero-order valence-corrected chi connectivity index (χ0v) is 13.0. The molecular formula is C14H26N2O4. The summed E-state index contributed by atoms with van der Waals surface area (Å²) in [7, 11) is 2.96. The van der Waals surface area contributed by atoms with Gasteiger partial charge in [0.25, 0.3) is 0 Å². The highest BCUT2D eigenvalue weighted by atomic mass is 16.5. The molecule has 0 aromatic rings. The molecule has 3 atom stereocenters. The van der Waals surface area contributed by atoms with Gasteiger partial charge in [-0.3, -0.25) is 4.79 Å². The highest BCUT2D eigenvalue weighted by molar-refractivity contribution is 5.86. The number of likely N-dealkylation sites (tertiary alicyclic amines) is 1. The number of nitrogens with one attached hydrogen (secondary N) is 1. The van der Waals surface area contributed by atoms with Gasteiger partial charge < -0.3 is 19.7 Å². The van der Waals surface area contributed by atoms with Gasteiger partial charge in [0.15, 0.2) is 0 Å². The van der Waals surface area contributed by atoms with Crippen molar-refractivity contribution in [2.75, 3.05) is 20.8 Å². The van der Waals surface area contributed by atoms with Gasteiger partial charge >= 0.3 is 6.09 Å². The maximum absolute atomic E-state index is 12.7. The summed E-state index contributed by atoms with van der Waals surface area (Å²) in [5, 5.41) is 2.63. The number of alkyl carbamates (subject to hydrolysis) is 1. The molecule has 20 heavy (non-hydrogen) atoms. The largest absolute Gasteiger partial charge is 0.453 e. The van der Waals surface area contributed by atoms with Gasteiger partial charge in [0.05, 0.1) is 13.2 Å². The lowest BCUT2D eigenvalue weighted by Crippen LogP contribution is -2.52. The average molecular weight is 286 g/mol. The van der Waals surface area contributed by atoms with Crippen LogP contribution in [0.25, 0.3) is 0 Å². The fourth-order valence-corrected chi connectivity index (χ4v) is 2.58. The lowest BCUT2D eigenvalue weighted by molar-refractivity contribution is -0.135. The predicted molar refractivity (Wildman–Crippen MR) is 75.4 cm³/mol. The van der Waals surface area contributed by atoms with Gasteiger partial charge in [0.2, 0.25) is 5.91 Å². The summed E-state index contributed by atoms with van der Waals surface area (Å²) >= 11 is 0. The number of amides is 2. The third kappa shape index (κ3) is 3.85. The number of ether oxygens (including phenoxy) is 2. The van der Waals surface area contributed by atoms with Crippen LogP contribution in [0.15, 0.2) is 0 Å². The number of methoxy groups -OCH3 is 2. The molecule has 0 aromatic carbocycles. The second-order valence-corrected chi connectivity index (χ2v) is 5.50. The van der Waals surface area contributed by atoms with Gasteiger partial charge in [-0.25, -0.2) is 4.79 Å². The van der Waals surface area contributed by atoms with Crippen molar-refractivity contribution >= 4 is 12.0 Å². The van der Waals surface area contributed by atoms with Crippen molar-refractivity contribution in [2.24, 2.45) is 5.92 Å². The van der Waals surface area contributed by atoms with Gasteiger partial charge in [-0.15, -0.1) is 0 Å². The highest BCUT2D eigenvalue weighted by Gasteiger charge is 2.38. The Morgan fingerprint density at radius 1 is 1.35 bits per heavy atom. The van der Waals surface area contributed by atoms with Crippen LogP contribution in [0.3, 0.4) is 0 Å². The van der Waals surface area contributed by atoms with E-state index in [0.29, 0.717) is 6.54 Å². The smallest absolute Gasteiger partial charge is 0.407 e. The van der Waals surface area contributed by atoms with E-state index >= 15 is 0 Å². The van der Waals surface area contributed by atoms with E-state index in [1.165, 1.54) is 7.11 Å². The van der Waals surface area contributed by atoms with E-state index in [0.717, 1.165) is 12.8 Å². The quantitative estimate of drug-likeness (QED) is 0.829. The molecule has 0 aliphatic carbocycles. The molecule has 0 spiro atoms. The second-order valence-electron chi connectivity index (χ2n) is 5.50. The Morgan fingerprint density at radius 2 is 2.00 bits per heavy atom. The predicted octanol–water partition coefficient (Wildman–Crippen LogP) is 1.39. The number of nitrogens with zero attached hydrogens (tertiary/aromatic N) is 1. The molecule has 1 rings (SSSR count). The summed E-state index contributed by atoms with van der Waals surface area (Å²) in [4.78, 5) is 25.9. The summed E-state index contributed by atoms with van der Waals surface area (Å²) in [5.74, 6) is -0.0579. The molecule has 1 saturated heterocycles. The first-order chi connectivity index (χ1) is 9.44. The summed E-state index contributed by atoms with van der Waals surface area (Å²) in [6.07, 6.45) is 1.23. The molecule has 0 radical (unpaired) electrons. The summed E-state index contributed by atoms with van der Waals surface area (Å²) in [6, 6.07) is -0.389. The first-order valence-corrected chi connectivity index (χ1v) is 7.12. The van der Waals surface area contributed by atoms with E-state index in [2.05, 4.69) is 17.0 Å². The summed E-state index contributed by atoms with van der Waals surface area (Å²) in [5.41, 5.74) is 0. The SMILES string of the molecule is CC[C@@H]1C[C@H](OC)CN1C(=O)[C@@H](NC(=O)OC)C(C)C. The van der Waals surface area contributed by atoms with Crippen molar-refractivity contribution in [3.8, 4) is 0 Å². The average Bonchev–Trinajstić information content (AvgIpc) is 2.86. The van der Waals surface area contributed by atoms with E-state index < -0.39 is 12.1 Å². The molecule has 0 saturated carbocycles. The highest BCUT2D eigenvalue weighted by Crippen LogP contribution is 2.24. The number of carbonyl (C=O) groups excluding carboxylic acids is 2. The Balaban J connectivity index is 2.80. The van der Waals surface area contributed by atoms with E-state index in [9.17, 15) is 9.59 Å². The Bertz CT molecular complexity index is 346. The fourth-order valence-electron chi connectivity index (χ4n) is 2.58. The Labute approximate surface area is 120 Å². The Morgan fingerprint density at radius 3 is 2.45 bits per heavy atom. The molecule has 0 aromatic heterocycles. The standard InChI is InChI=1S/C14H26N2O4/c1-6-10-7-11(19-4)8-16(10)13(17)12(9(2)3)15-14(18)20-5/h9-12H,6-8H2,1-5H3,(H,15,18)/t10-,11+,12+/m1/s1. The molecule has 1 N–H and O–H groups in total. The maximum atomic E-state index is 12.7. The van der Waals surface area contributed by atoms with Crippen molar-refractivity contribution in [2.45, 2.75) is 51.8 Å². The molecule has 1 aliphatic heterocycles. The topological polar surface area (TPSA) is 67.9 Å². The minimum atomic E-state index is -0.576. The number of hydrogen-bond acceptors (Lipinski definition) is 4. The van der Waals surface area contributed by atoms with Crippen molar-refractivity contribution < 1.29 is 19.1 Å². The molecule has 1 heterocycles. The normalized spacial score (nSPS) is 23.8. The second kappa shape index (κ2) is 7.47. The van der Waals surface area contributed by atoms with Crippen LogP contribution in [-0.2, 0) is 14.3 Å². The monoisotopic (exact) mass is 286 g/mol. The zero-order chi connectivity index (χ0) is 15.3. The van der Waals surface area contributed by atoms with Crippen molar-refractivity contribution in [3.63, 3.8) is 0 Å². The first-order valence-electron chi connectivity index (χ1n) is 7.12. The van der Waals surface area contributed by atoms with Crippen LogP contribution in [0.4, 0.5) is 4.79 Å². The number of rotatable bonds is 5. The van der Waals surface area contributed by atoms with Gasteiger partial charge in [-0.05, 0) is 18.8 Å². The summed E-state index contributed by atoms with van der Waals surface area (Å²) in [6.45, 7) is 6.45. The molecule has 1 fully saturated rings. The molecule has 116 valence electrons. The van der Waals surface area contributed by atoms with Crippen LogP contribution in [-0.4, -0.2) is 55.9 Å². The van der Waals surface area contributed by atoms with E-state index in [1.807, 2.05) is 18.7 Å². The molecule has 6 heteroatoms. The van der Waals surface area contributed by atoms with Gasteiger partial charge in [0, 0.05) is 19.7 Å². The molecular weight excluding hydrogens is 260 g/mol. The Hall–Kier alpha value is -1.30. The van der Waals surface area contributed by atoms with E-state index in [-0.39, 0.29) is 24.0 Å². The van der Waals surface area contributed by atoms with Gasteiger partial charge in [-0.2, -0.15) is 0 Å². The van der Waals surface area contributed by atoms with Gasteiger partial charge in [-0.1, -0.05) is 20.8 Å². The minimum absolute atomic E-state index is 0.000649. The molecule has 0 unspecified atom stereocenters. The van der Waals surface area contributed by atoms with Crippen LogP contribution in [0, 0.1) is 5.92 Å². The van der Waals surface area contributed by atoms with E-state index in [1.54, 1.807) is 7.11 Å². The summed E-state index contributed by atoms with van der Waals surface area (Å²) < 4.78 is 9.95. The molecule has 6 nitrogen and oxygen atoms in total. The first kappa shape index (κ1) is 16.8. The number of carbonyl (C=O) groups is 2. The minimum Gasteiger partial charge on any atom is -0.453 e. The van der Waals surface area contributed by atoms with Crippen molar-refractivity contribution in [1.82, 2.24) is 10.2 Å². The lowest BCUT2D eigenvalue weighted by atomic mass is 10.0. The van der Waals surface area contributed by atoms with Crippen LogP contribution in [0.5, 0.6) is 0 Å². The number of hydrogen-bond donors (Lipinski definition) is 1. The third-order valence-corrected chi connectivity index (χ3v) is 3.86. The van der Waals surface area contributed by atoms with Crippen LogP contribution in [0.1, 0.15) is 33.6 Å². The fraction of sp³-hybridized carbons (Fsp3) is 0.857. The third-order valence-electron chi connectivity index (χ3n) is 3.86. The molecule has 1 aliphatic rings. The lowest BCUT2D eigenvalue weighted by Gasteiger charge is -2.30. The van der Waals surface area contributed by atoms with Gasteiger partial charge in [0.1, 0.15) is 6.04 Å². The van der Waals surface area contributed by atoms with Crippen molar-refractivity contribution in [3.05, 3.63) is 0 Å². The Kier molecular flexibility index (Phi) is 6.26. The zero-order valence-electron chi connectivity index (χ0n) is 13.0.